The molecule has 2 aliphatic heterocycles. The molecule has 3 heterocycles. The Morgan fingerprint density at radius 3 is 2.38 bits per heavy atom. The Balaban J connectivity index is 1.12. The molecule has 1 spiro atoms. The fourth-order valence-corrected chi connectivity index (χ4v) is 6.97. The van der Waals surface area contributed by atoms with Crippen LogP contribution in [-0.2, 0) is 19.6 Å². The smallest absolute Gasteiger partial charge is 0.105 e. The molecule has 0 unspecified atom stereocenters. The third-order valence-corrected chi connectivity index (χ3v) is 9.03. The summed E-state index contributed by atoms with van der Waals surface area (Å²) in [5, 5.41) is 7.81. The van der Waals surface area contributed by atoms with E-state index in [0.29, 0.717) is 18.5 Å². The van der Waals surface area contributed by atoms with Crippen molar-refractivity contribution >= 4 is 5.84 Å². The van der Waals surface area contributed by atoms with Gasteiger partial charge >= 0.3 is 0 Å². The normalized spacial score (nSPS) is 21.1. The molecule has 200 valence electrons. The van der Waals surface area contributed by atoms with Crippen LogP contribution >= 0.6 is 0 Å². The van der Waals surface area contributed by atoms with Crippen LogP contribution in [0.4, 0.5) is 0 Å². The van der Waals surface area contributed by atoms with Crippen molar-refractivity contribution < 1.29 is 0 Å². The first-order valence-corrected chi connectivity index (χ1v) is 14.5. The van der Waals surface area contributed by atoms with Crippen molar-refractivity contribution in [3.63, 3.8) is 0 Å². The standard InChI is InChI=1S/C31H46N6/c1-25-6-5-7-28(34-25)22-36(23-30(32)33)21-27-12-10-26(11-13-27)20-35-17-14-31(24-35)15-18-37(19-16-31)29-8-3-2-4-9-29/h5-7,10-13,29H,2-4,8-9,14-24H2,1H3,(H3,32,33). The van der Waals surface area contributed by atoms with Gasteiger partial charge in [0, 0.05) is 37.9 Å². The Labute approximate surface area is 223 Å². The van der Waals surface area contributed by atoms with E-state index in [0.717, 1.165) is 30.5 Å². The van der Waals surface area contributed by atoms with Crippen molar-refractivity contribution in [2.45, 2.75) is 84.0 Å². The number of rotatable bonds is 9. The van der Waals surface area contributed by atoms with E-state index in [1.807, 2.05) is 25.1 Å². The lowest BCUT2D eigenvalue weighted by atomic mass is 9.77. The van der Waals surface area contributed by atoms with Crippen molar-refractivity contribution in [2.75, 3.05) is 32.7 Å². The van der Waals surface area contributed by atoms with Crippen LogP contribution in [0.1, 0.15) is 73.9 Å². The minimum atomic E-state index is 0.191. The van der Waals surface area contributed by atoms with Crippen molar-refractivity contribution in [3.05, 3.63) is 65.0 Å². The lowest BCUT2D eigenvalue weighted by Crippen LogP contribution is -2.46. The maximum atomic E-state index is 7.81. The average molecular weight is 503 g/mol. The molecule has 3 fully saturated rings. The second kappa shape index (κ2) is 12.1. The highest BCUT2D eigenvalue weighted by Gasteiger charge is 2.41. The first-order chi connectivity index (χ1) is 18.0. The molecule has 1 saturated carbocycles. The number of nitrogens with two attached hydrogens (primary N) is 1. The van der Waals surface area contributed by atoms with Gasteiger partial charge in [0.05, 0.1) is 12.2 Å². The summed E-state index contributed by atoms with van der Waals surface area (Å²) in [6.07, 6.45) is 11.4. The number of aromatic nitrogens is 1. The van der Waals surface area contributed by atoms with Crippen LogP contribution in [0.25, 0.3) is 0 Å². The van der Waals surface area contributed by atoms with E-state index >= 15 is 0 Å². The molecule has 0 atom stereocenters. The van der Waals surface area contributed by atoms with Crippen LogP contribution in [0.3, 0.4) is 0 Å². The Morgan fingerprint density at radius 2 is 1.68 bits per heavy atom. The number of amidine groups is 1. The molecule has 5 rings (SSSR count). The lowest BCUT2D eigenvalue weighted by Gasteiger charge is -2.43. The van der Waals surface area contributed by atoms with Gasteiger partial charge < -0.3 is 10.6 Å². The van der Waals surface area contributed by atoms with Crippen LogP contribution < -0.4 is 5.73 Å². The average Bonchev–Trinajstić information content (AvgIpc) is 3.27. The minimum Gasteiger partial charge on any atom is -0.387 e. The van der Waals surface area contributed by atoms with E-state index in [4.69, 9.17) is 11.1 Å². The molecule has 0 bridgehead atoms. The van der Waals surface area contributed by atoms with Crippen molar-refractivity contribution in [1.29, 1.82) is 5.41 Å². The van der Waals surface area contributed by atoms with E-state index in [-0.39, 0.29) is 5.84 Å². The summed E-state index contributed by atoms with van der Waals surface area (Å²) in [6, 6.07) is 16.1. The van der Waals surface area contributed by atoms with Gasteiger partial charge in [0.1, 0.15) is 5.84 Å². The third-order valence-electron chi connectivity index (χ3n) is 9.03. The molecule has 0 radical (unpaired) electrons. The number of piperidine rings is 1. The molecule has 6 nitrogen and oxygen atoms in total. The Bertz CT molecular complexity index is 1020. The SMILES string of the molecule is Cc1cccc(CN(CC(=N)N)Cc2ccc(CN3CCC4(CCN(C5CCCCC5)CC4)C3)cc2)n1. The Morgan fingerprint density at radius 1 is 0.973 bits per heavy atom. The van der Waals surface area contributed by atoms with E-state index in [9.17, 15) is 0 Å². The molecular formula is C31H46N6. The number of hydrogen-bond acceptors (Lipinski definition) is 5. The Kier molecular flexibility index (Phi) is 8.58. The maximum absolute atomic E-state index is 7.81. The summed E-state index contributed by atoms with van der Waals surface area (Å²) in [7, 11) is 0. The summed E-state index contributed by atoms with van der Waals surface area (Å²) in [6.45, 7) is 10.1. The first-order valence-electron chi connectivity index (χ1n) is 14.5. The topological polar surface area (TPSA) is 72.5 Å². The van der Waals surface area contributed by atoms with Gasteiger partial charge in [-0.3, -0.25) is 20.2 Å². The van der Waals surface area contributed by atoms with Crippen LogP contribution in [0.2, 0.25) is 0 Å². The largest absolute Gasteiger partial charge is 0.387 e. The number of nitrogens with zero attached hydrogens (tertiary/aromatic N) is 4. The molecule has 37 heavy (non-hydrogen) atoms. The summed E-state index contributed by atoms with van der Waals surface area (Å²) >= 11 is 0. The van der Waals surface area contributed by atoms with Gasteiger partial charge in [-0.2, -0.15) is 0 Å². The zero-order chi connectivity index (χ0) is 25.7. The van der Waals surface area contributed by atoms with Crippen LogP contribution in [0.15, 0.2) is 42.5 Å². The molecule has 1 aliphatic carbocycles. The molecule has 1 aromatic carbocycles. The molecule has 0 amide bonds. The zero-order valence-corrected chi connectivity index (χ0v) is 22.8. The number of nitrogens with one attached hydrogen (secondary N) is 1. The molecule has 2 aromatic rings. The maximum Gasteiger partial charge on any atom is 0.105 e. The molecule has 3 aliphatic rings. The monoisotopic (exact) mass is 502 g/mol. The minimum absolute atomic E-state index is 0.191. The lowest BCUT2D eigenvalue weighted by molar-refractivity contribution is 0.0615. The van der Waals surface area contributed by atoms with Gasteiger partial charge in [-0.15, -0.1) is 0 Å². The van der Waals surface area contributed by atoms with Gasteiger partial charge in [0.2, 0.25) is 0 Å². The highest BCUT2D eigenvalue weighted by Crippen LogP contribution is 2.42. The second-order valence-electron chi connectivity index (χ2n) is 12.0. The molecule has 2 saturated heterocycles. The van der Waals surface area contributed by atoms with Gasteiger partial charge in [0.25, 0.3) is 0 Å². The zero-order valence-electron chi connectivity index (χ0n) is 22.8. The fourth-order valence-electron chi connectivity index (χ4n) is 6.97. The van der Waals surface area contributed by atoms with Crippen molar-refractivity contribution in [1.82, 2.24) is 19.7 Å². The second-order valence-corrected chi connectivity index (χ2v) is 12.0. The highest BCUT2D eigenvalue weighted by atomic mass is 15.2. The van der Waals surface area contributed by atoms with E-state index in [1.54, 1.807) is 0 Å². The highest BCUT2D eigenvalue weighted by molar-refractivity contribution is 5.78. The van der Waals surface area contributed by atoms with Crippen LogP contribution in [0.5, 0.6) is 0 Å². The number of benzene rings is 1. The van der Waals surface area contributed by atoms with Crippen LogP contribution in [-0.4, -0.2) is 64.3 Å². The Hall–Kier alpha value is -2.28. The molecule has 1 aromatic heterocycles. The predicted octanol–water partition coefficient (Wildman–Crippen LogP) is 4.95. The van der Waals surface area contributed by atoms with Gasteiger partial charge in [-0.25, -0.2) is 0 Å². The van der Waals surface area contributed by atoms with Crippen molar-refractivity contribution in [2.24, 2.45) is 11.1 Å². The first kappa shape index (κ1) is 26.3. The van der Waals surface area contributed by atoms with E-state index < -0.39 is 0 Å². The number of likely N-dealkylation sites (tertiary alicyclic amines) is 2. The molecule has 3 N–H and O–H groups in total. The summed E-state index contributed by atoms with van der Waals surface area (Å²) in [5.41, 5.74) is 11.0. The molecular weight excluding hydrogens is 456 g/mol. The van der Waals surface area contributed by atoms with E-state index in [2.05, 4.69) is 43.9 Å². The quantitative estimate of drug-likeness (QED) is 0.375. The summed E-state index contributed by atoms with van der Waals surface area (Å²) in [5.74, 6) is 0.191. The summed E-state index contributed by atoms with van der Waals surface area (Å²) in [4.78, 5) is 12.4. The third kappa shape index (κ3) is 7.18. The number of pyridine rings is 1. The predicted molar refractivity (Wildman–Crippen MR) is 151 cm³/mol. The van der Waals surface area contributed by atoms with Gasteiger partial charge in [-0.1, -0.05) is 49.6 Å². The number of hydrogen-bond donors (Lipinski definition) is 2. The van der Waals surface area contributed by atoms with Crippen LogP contribution in [0, 0.1) is 17.7 Å². The summed E-state index contributed by atoms with van der Waals surface area (Å²) < 4.78 is 0. The number of aryl methyl sites for hydroxylation is 1. The van der Waals surface area contributed by atoms with Gasteiger partial charge in [-0.05, 0) is 87.3 Å². The molecule has 6 heteroatoms. The fraction of sp³-hybridized carbons (Fsp3) is 0.613. The van der Waals surface area contributed by atoms with Crippen molar-refractivity contribution in [3.8, 4) is 0 Å². The van der Waals surface area contributed by atoms with E-state index in [1.165, 1.54) is 88.7 Å². The van der Waals surface area contributed by atoms with Gasteiger partial charge in [0.15, 0.2) is 0 Å².